The molecule has 0 rings (SSSR count). The molecule has 6 heteroatoms. The molecule has 0 unspecified atom stereocenters. The van der Waals surface area contributed by atoms with Crippen molar-refractivity contribution in [1.82, 2.24) is 0 Å². The van der Waals surface area contributed by atoms with Crippen LogP contribution in [0, 0.1) is 0 Å². The zero-order chi connectivity index (χ0) is 27.7. The van der Waals surface area contributed by atoms with E-state index in [0.29, 0.717) is 0 Å². The summed E-state index contributed by atoms with van der Waals surface area (Å²) in [5, 5.41) is 9.47. The van der Waals surface area contributed by atoms with Gasteiger partial charge in [-0.2, -0.15) is 0 Å². The van der Waals surface area contributed by atoms with Crippen LogP contribution in [-0.4, -0.2) is 58.4 Å². The Morgan fingerprint density at radius 2 is 1.31 bits per heavy atom. The number of aliphatic hydroxyl groups is 1. The summed E-state index contributed by atoms with van der Waals surface area (Å²) in [4.78, 5) is 7.41. The average molecular weight is 646 g/mol. The van der Waals surface area contributed by atoms with Crippen LogP contribution in [0.3, 0.4) is 0 Å². The van der Waals surface area contributed by atoms with E-state index in [9.17, 15) is 5.11 Å². The van der Waals surface area contributed by atoms with Gasteiger partial charge in [0.05, 0.1) is 6.10 Å². The molecule has 0 heterocycles. The first kappa shape index (κ1) is 36.3. The van der Waals surface area contributed by atoms with Crippen molar-refractivity contribution < 1.29 is 14.0 Å². The number of allylic oxidation sites excluding steroid dienone is 3. The summed E-state index contributed by atoms with van der Waals surface area (Å²) in [5.74, 6) is 0. The maximum atomic E-state index is 9.47. The van der Waals surface area contributed by atoms with Gasteiger partial charge in [-0.3, -0.25) is 0 Å². The van der Waals surface area contributed by atoms with Gasteiger partial charge in [0.2, 0.25) is 0 Å². The number of aliphatic hydroxyl groups excluding tert-OH is 1. The summed E-state index contributed by atoms with van der Waals surface area (Å²) in [7, 11) is -3.45. The fourth-order valence-corrected chi connectivity index (χ4v) is 12.9. The van der Waals surface area contributed by atoms with Gasteiger partial charge in [-0.15, -0.1) is 0 Å². The standard InChI is InChI=1S/C27H53O3Si2.3CH3.Sn/c1-9-21-26(29-31(10-2,11-3)12-4)24-27(30-32(13-5,14-6)15-7)23-20-18-16-17-19-22-25(8)28;;;;/h1,9,16,18,20,23,25-28H,10-15,17,19,21-22,24H2,2-8H3;3*1H3;/t25-,26-,27-;;;;/m0..../s1. The first-order valence-electron chi connectivity index (χ1n) is 15.0. The second-order valence-electron chi connectivity index (χ2n) is 11.7. The van der Waals surface area contributed by atoms with E-state index in [1.54, 1.807) is 0 Å². The molecule has 0 radical (unpaired) electrons. The van der Waals surface area contributed by atoms with E-state index in [1.807, 2.05) is 6.92 Å². The Morgan fingerprint density at radius 3 is 1.78 bits per heavy atom. The van der Waals surface area contributed by atoms with Crippen LogP contribution in [0.1, 0.15) is 80.6 Å². The molecule has 0 aromatic rings. The molecule has 0 aromatic heterocycles. The molecule has 0 saturated heterocycles. The van der Waals surface area contributed by atoms with Crippen molar-refractivity contribution in [3.63, 3.8) is 0 Å². The molecule has 3 atom stereocenters. The van der Waals surface area contributed by atoms with Crippen LogP contribution in [0.2, 0.25) is 51.1 Å². The molecule has 36 heavy (non-hydrogen) atoms. The molecule has 0 spiro atoms. The molecule has 0 bridgehead atoms. The van der Waals surface area contributed by atoms with Crippen LogP contribution in [0.15, 0.2) is 34.5 Å². The monoisotopic (exact) mass is 646 g/mol. The topological polar surface area (TPSA) is 38.7 Å². The van der Waals surface area contributed by atoms with Crippen molar-refractivity contribution in [3.8, 4) is 0 Å². The van der Waals surface area contributed by atoms with Crippen LogP contribution in [0.4, 0.5) is 0 Å². The first-order chi connectivity index (χ1) is 16.9. The van der Waals surface area contributed by atoms with E-state index in [-0.39, 0.29) is 18.3 Å². The predicted molar refractivity (Wildman–Crippen MR) is 170 cm³/mol. The minimum absolute atomic E-state index is 0.104. The maximum absolute atomic E-state index is 9.47. The van der Waals surface area contributed by atoms with E-state index in [1.165, 1.54) is 36.3 Å². The Morgan fingerprint density at radius 1 is 0.778 bits per heavy atom. The minimum atomic E-state index is -1.96. The van der Waals surface area contributed by atoms with Crippen LogP contribution >= 0.6 is 0 Å². The van der Waals surface area contributed by atoms with Gasteiger partial charge >= 0.3 is 209 Å². The Hall–Kier alpha value is 0.332. The van der Waals surface area contributed by atoms with E-state index < -0.39 is 35.0 Å². The van der Waals surface area contributed by atoms with Crippen LogP contribution in [0.25, 0.3) is 0 Å². The molecule has 0 aromatic carbocycles. The summed E-state index contributed by atoms with van der Waals surface area (Å²) >= 11 is -1.96. The predicted octanol–water partition coefficient (Wildman–Crippen LogP) is 9.64. The van der Waals surface area contributed by atoms with Crippen molar-refractivity contribution in [3.05, 3.63) is 34.5 Å². The third kappa shape index (κ3) is 15.7. The van der Waals surface area contributed by atoms with Gasteiger partial charge in [0.15, 0.2) is 0 Å². The van der Waals surface area contributed by atoms with Crippen molar-refractivity contribution >= 4 is 35.0 Å². The summed E-state index contributed by atoms with van der Waals surface area (Å²) in [6.07, 6.45) is 16.3. The van der Waals surface area contributed by atoms with E-state index in [4.69, 9.17) is 8.85 Å². The van der Waals surface area contributed by atoms with Crippen molar-refractivity contribution in [1.29, 1.82) is 0 Å². The molecule has 1 N–H and O–H groups in total. The number of rotatable bonds is 21. The molecule has 0 aliphatic rings. The average Bonchev–Trinajstić information content (AvgIpc) is 2.84. The zero-order valence-corrected chi connectivity index (χ0v) is 30.6. The van der Waals surface area contributed by atoms with Crippen molar-refractivity contribution in [2.24, 2.45) is 0 Å². The Kier molecular flexibility index (Phi) is 19.6. The number of unbranched alkanes of at least 4 members (excludes halogenated alkanes) is 1. The fourth-order valence-electron chi connectivity index (χ4n) is 4.76. The van der Waals surface area contributed by atoms with Crippen LogP contribution in [0.5, 0.6) is 0 Å². The quantitative estimate of drug-likeness (QED) is 0.0768. The molecule has 0 aliphatic heterocycles. The Balaban J connectivity index is 5.82. The van der Waals surface area contributed by atoms with Gasteiger partial charge < -0.3 is 5.11 Å². The van der Waals surface area contributed by atoms with Gasteiger partial charge in [0.1, 0.15) is 0 Å². The fraction of sp³-hybridized carbons (Fsp3) is 0.800. The number of hydrogen-bond donors (Lipinski definition) is 1. The molecule has 0 saturated carbocycles. The van der Waals surface area contributed by atoms with Crippen LogP contribution < -0.4 is 0 Å². The first-order valence-corrected chi connectivity index (χ1v) is 30.3. The summed E-state index contributed by atoms with van der Waals surface area (Å²) < 4.78 is 16.7. The van der Waals surface area contributed by atoms with Gasteiger partial charge in [-0.05, 0) is 13.3 Å². The molecule has 3 nitrogen and oxygen atoms in total. The molecular formula is C30H62O3Si2Sn. The Labute approximate surface area is 232 Å². The van der Waals surface area contributed by atoms with Gasteiger partial charge in [-0.25, -0.2) is 0 Å². The molecule has 0 fully saturated rings. The summed E-state index contributed by atoms with van der Waals surface area (Å²) in [5.41, 5.74) is 0. The summed E-state index contributed by atoms with van der Waals surface area (Å²) in [6.45, 7) is 15.8. The van der Waals surface area contributed by atoms with Gasteiger partial charge in [0, 0.05) is 0 Å². The zero-order valence-electron chi connectivity index (χ0n) is 25.7. The van der Waals surface area contributed by atoms with E-state index in [0.717, 1.165) is 32.1 Å². The van der Waals surface area contributed by atoms with Gasteiger partial charge in [-0.1, -0.05) is 0 Å². The molecule has 0 aliphatic carbocycles. The van der Waals surface area contributed by atoms with Gasteiger partial charge in [0.25, 0.3) is 0 Å². The Bertz CT molecular complexity index is 616. The second-order valence-corrected chi connectivity index (χ2v) is 35.6. The van der Waals surface area contributed by atoms with Crippen molar-refractivity contribution in [2.45, 2.75) is 150 Å². The van der Waals surface area contributed by atoms with Crippen molar-refractivity contribution in [2.75, 3.05) is 0 Å². The number of hydrogen-bond acceptors (Lipinski definition) is 3. The third-order valence-electron chi connectivity index (χ3n) is 7.76. The SMILES string of the molecule is CC[Si](CC)(CC)O[C@@H](CC=[CH][Sn]([CH3])([CH3])[CH3])C[C@H](C=CC=CCCC[C@H](C)O)O[Si](CC)(CC)CC. The molecule has 0 amide bonds. The second kappa shape index (κ2) is 19.4. The molecular weight excluding hydrogens is 583 g/mol. The summed E-state index contributed by atoms with van der Waals surface area (Å²) in [6, 6.07) is 7.07. The van der Waals surface area contributed by atoms with E-state index in [2.05, 4.69) is 90.8 Å². The van der Waals surface area contributed by atoms with E-state index >= 15 is 0 Å². The third-order valence-corrected chi connectivity index (χ3v) is 20.7. The van der Waals surface area contributed by atoms with Crippen LogP contribution in [-0.2, 0) is 8.85 Å². The normalized spacial score (nSPS) is 16.4. The molecule has 212 valence electrons.